The van der Waals surface area contributed by atoms with Crippen molar-refractivity contribution in [2.75, 3.05) is 18.7 Å². The van der Waals surface area contributed by atoms with Gasteiger partial charge in [-0.05, 0) is 55.8 Å². The molecule has 9 nitrogen and oxygen atoms in total. The molecule has 39 heavy (non-hydrogen) atoms. The van der Waals surface area contributed by atoms with E-state index in [0.717, 1.165) is 0 Å². The van der Waals surface area contributed by atoms with E-state index < -0.39 is 5.97 Å². The molecule has 2 heterocycles. The SMILES string of the molecule is CCc1c(OCc2c(Cl)c(C)nn2-c2cccc(C(=O)N(C)c3ccc4c(c3)OCO4)c2)cccc1C(=O)O. The number of carboxylic acid groups (broad SMARTS) is 1. The lowest BCUT2D eigenvalue weighted by atomic mass is 10.0. The second-order valence-electron chi connectivity index (χ2n) is 8.94. The number of ether oxygens (including phenoxy) is 3. The summed E-state index contributed by atoms with van der Waals surface area (Å²) in [7, 11) is 1.69. The van der Waals surface area contributed by atoms with Crippen LogP contribution in [0.3, 0.4) is 0 Å². The van der Waals surface area contributed by atoms with Crippen molar-refractivity contribution in [1.82, 2.24) is 9.78 Å². The predicted octanol–water partition coefficient (Wildman–Crippen LogP) is 5.68. The van der Waals surface area contributed by atoms with E-state index in [-0.39, 0.29) is 24.9 Å². The molecule has 3 aromatic carbocycles. The Morgan fingerprint density at radius 3 is 2.64 bits per heavy atom. The van der Waals surface area contributed by atoms with Crippen molar-refractivity contribution in [2.45, 2.75) is 26.9 Å². The molecule has 0 unspecified atom stereocenters. The summed E-state index contributed by atoms with van der Waals surface area (Å²) in [5.41, 5.74) is 3.71. The summed E-state index contributed by atoms with van der Waals surface area (Å²) in [5, 5.41) is 14.5. The highest BCUT2D eigenvalue weighted by molar-refractivity contribution is 6.31. The second-order valence-corrected chi connectivity index (χ2v) is 9.32. The molecule has 0 bridgehead atoms. The molecule has 1 amide bonds. The molecule has 0 saturated heterocycles. The van der Waals surface area contributed by atoms with Crippen LogP contribution in [0.15, 0.2) is 60.7 Å². The van der Waals surface area contributed by atoms with E-state index in [2.05, 4.69) is 5.10 Å². The van der Waals surface area contributed by atoms with E-state index in [4.69, 9.17) is 25.8 Å². The quantitative estimate of drug-likeness (QED) is 0.303. The molecule has 0 saturated carbocycles. The second kappa shape index (κ2) is 10.7. The number of halogens is 1. The van der Waals surface area contributed by atoms with Crippen molar-refractivity contribution >= 4 is 29.2 Å². The lowest BCUT2D eigenvalue weighted by Crippen LogP contribution is -2.26. The highest BCUT2D eigenvalue weighted by Gasteiger charge is 2.21. The molecule has 5 rings (SSSR count). The summed E-state index contributed by atoms with van der Waals surface area (Å²) in [6, 6.07) is 17.3. The maximum absolute atomic E-state index is 13.4. The summed E-state index contributed by atoms with van der Waals surface area (Å²) in [6.07, 6.45) is 0.491. The van der Waals surface area contributed by atoms with Gasteiger partial charge in [-0.3, -0.25) is 4.79 Å². The first-order valence-corrected chi connectivity index (χ1v) is 12.7. The molecule has 0 spiro atoms. The molecule has 1 aliphatic rings. The number of aryl methyl sites for hydroxylation is 1. The van der Waals surface area contributed by atoms with Crippen LogP contribution in [0.25, 0.3) is 5.69 Å². The van der Waals surface area contributed by atoms with Gasteiger partial charge in [0.05, 0.1) is 22.0 Å². The van der Waals surface area contributed by atoms with Crippen molar-refractivity contribution < 1.29 is 28.9 Å². The Kier molecular flexibility index (Phi) is 7.17. The molecule has 200 valence electrons. The van der Waals surface area contributed by atoms with Gasteiger partial charge in [0.25, 0.3) is 5.91 Å². The fourth-order valence-corrected chi connectivity index (χ4v) is 4.65. The number of aromatic nitrogens is 2. The average molecular weight is 548 g/mol. The number of fused-ring (bicyclic) bond motifs is 1. The predicted molar refractivity (Wildman–Crippen MR) is 146 cm³/mol. The van der Waals surface area contributed by atoms with E-state index >= 15 is 0 Å². The lowest BCUT2D eigenvalue weighted by Gasteiger charge is -2.18. The van der Waals surface area contributed by atoms with Gasteiger partial charge in [0.2, 0.25) is 6.79 Å². The van der Waals surface area contributed by atoms with Gasteiger partial charge in [0, 0.05) is 29.9 Å². The molecule has 1 aliphatic heterocycles. The van der Waals surface area contributed by atoms with Gasteiger partial charge >= 0.3 is 5.97 Å². The number of anilines is 1. The van der Waals surface area contributed by atoms with Crippen LogP contribution in [0, 0.1) is 6.92 Å². The van der Waals surface area contributed by atoms with E-state index in [1.807, 2.05) is 13.0 Å². The van der Waals surface area contributed by atoms with Gasteiger partial charge in [-0.15, -0.1) is 0 Å². The fourth-order valence-electron chi connectivity index (χ4n) is 4.48. The number of hydrogen-bond donors (Lipinski definition) is 1. The van der Waals surface area contributed by atoms with E-state index in [9.17, 15) is 14.7 Å². The lowest BCUT2D eigenvalue weighted by molar-refractivity contribution is 0.0694. The highest BCUT2D eigenvalue weighted by atomic mass is 35.5. The van der Waals surface area contributed by atoms with Crippen molar-refractivity contribution in [3.63, 3.8) is 0 Å². The zero-order valence-corrected chi connectivity index (χ0v) is 22.4. The number of carbonyl (C=O) groups is 2. The van der Waals surface area contributed by atoms with E-state index in [1.165, 1.54) is 4.90 Å². The molecule has 1 N–H and O–H groups in total. The van der Waals surface area contributed by atoms with Crippen LogP contribution in [-0.4, -0.2) is 40.6 Å². The normalized spacial score (nSPS) is 11.9. The van der Waals surface area contributed by atoms with Crippen molar-refractivity contribution in [1.29, 1.82) is 0 Å². The number of aromatic carboxylic acids is 1. The molecule has 0 fully saturated rings. The summed E-state index contributed by atoms with van der Waals surface area (Å²) in [4.78, 5) is 26.6. The third-order valence-electron chi connectivity index (χ3n) is 6.54. The van der Waals surface area contributed by atoms with Gasteiger partial charge in [0.15, 0.2) is 11.5 Å². The Balaban J connectivity index is 1.42. The maximum atomic E-state index is 13.4. The fraction of sp³-hybridized carbons (Fsp3) is 0.207. The topological polar surface area (TPSA) is 103 Å². The summed E-state index contributed by atoms with van der Waals surface area (Å²) in [5.74, 6) is 0.466. The smallest absolute Gasteiger partial charge is 0.336 e. The van der Waals surface area contributed by atoms with Gasteiger partial charge in [-0.25, -0.2) is 9.48 Å². The number of amides is 1. The Labute approximate surface area is 230 Å². The Morgan fingerprint density at radius 2 is 1.87 bits per heavy atom. The highest BCUT2D eigenvalue weighted by Crippen LogP contribution is 2.35. The molecular formula is C29H26ClN3O6. The van der Waals surface area contributed by atoms with Crippen molar-refractivity contribution in [3.05, 3.63) is 93.8 Å². The van der Waals surface area contributed by atoms with Crippen LogP contribution < -0.4 is 19.1 Å². The number of carbonyl (C=O) groups excluding carboxylic acids is 1. The third kappa shape index (κ3) is 5.00. The number of nitrogens with zero attached hydrogens (tertiary/aromatic N) is 3. The van der Waals surface area contributed by atoms with Crippen LogP contribution in [0.5, 0.6) is 17.2 Å². The summed E-state index contributed by atoms with van der Waals surface area (Å²) >= 11 is 6.61. The van der Waals surface area contributed by atoms with Crippen LogP contribution in [0.1, 0.15) is 44.6 Å². The minimum absolute atomic E-state index is 0.0466. The van der Waals surface area contributed by atoms with Crippen LogP contribution >= 0.6 is 11.6 Å². The van der Waals surface area contributed by atoms with Gasteiger partial charge in [0.1, 0.15) is 18.1 Å². The van der Waals surface area contributed by atoms with Crippen molar-refractivity contribution in [2.24, 2.45) is 0 Å². The van der Waals surface area contributed by atoms with Gasteiger partial charge in [-0.2, -0.15) is 5.10 Å². The molecule has 0 atom stereocenters. The zero-order chi connectivity index (χ0) is 27.7. The molecule has 0 aliphatic carbocycles. The summed E-state index contributed by atoms with van der Waals surface area (Å²) < 4.78 is 18.5. The Bertz CT molecular complexity index is 1580. The third-order valence-corrected chi connectivity index (χ3v) is 7.04. The number of carboxylic acids is 1. The zero-order valence-electron chi connectivity index (χ0n) is 21.6. The number of rotatable bonds is 8. The molecule has 10 heteroatoms. The minimum atomic E-state index is -1.01. The first-order chi connectivity index (χ1) is 18.8. The molecular weight excluding hydrogens is 522 g/mol. The first kappa shape index (κ1) is 26.1. The summed E-state index contributed by atoms with van der Waals surface area (Å²) in [6.45, 7) is 3.86. The maximum Gasteiger partial charge on any atom is 0.336 e. The monoisotopic (exact) mass is 547 g/mol. The van der Waals surface area contributed by atoms with Crippen LogP contribution in [-0.2, 0) is 13.0 Å². The Hall–Kier alpha value is -4.50. The standard InChI is InChI=1S/C29H26ClN3O6/c1-4-21-22(29(35)36)9-6-10-24(21)37-15-23-27(30)17(2)31-33(23)20-8-5-7-18(13-20)28(34)32(3)19-11-12-25-26(14-19)39-16-38-25/h5-14H,4,15-16H2,1-3H3,(H,35,36). The molecule has 0 radical (unpaired) electrons. The van der Waals surface area contributed by atoms with Crippen LogP contribution in [0.2, 0.25) is 5.02 Å². The van der Waals surface area contributed by atoms with Crippen LogP contribution in [0.4, 0.5) is 5.69 Å². The van der Waals surface area contributed by atoms with Gasteiger partial charge in [-0.1, -0.05) is 30.7 Å². The average Bonchev–Trinajstić information content (AvgIpc) is 3.54. The van der Waals surface area contributed by atoms with E-state index in [1.54, 1.807) is 73.3 Å². The number of benzene rings is 3. The minimum Gasteiger partial charge on any atom is -0.487 e. The number of hydrogen-bond acceptors (Lipinski definition) is 6. The Morgan fingerprint density at radius 1 is 1.10 bits per heavy atom. The molecule has 4 aromatic rings. The van der Waals surface area contributed by atoms with Crippen molar-refractivity contribution in [3.8, 4) is 22.9 Å². The van der Waals surface area contributed by atoms with Gasteiger partial charge < -0.3 is 24.2 Å². The first-order valence-electron chi connectivity index (χ1n) is 12.3. The largest absolute Gasteiger partial charge is 0.487 e. The molecule has 1 aromatic heterocycles. The van der Waals surface area contributed by atoms with E-state index in [0.29, 0.717) is 62.6 Å².